The van der Waals surface area contributed by atoms with Crippen molar-refractivity contribution in [2.45, 2.75) is 6.92 Å². The molecule has 6 nitrogen and oxygen atoms in total. The monoisotopic (exact) mass is 430 g/mol. The molecule has 31 heavy (non-hydrogen) atoms. The number of ether oxygens (including phenoxy) is 1. The number of anilines is 1. The molecule has 0 atom stereocenters. The molecule has 7 heteroatoms. The number of methoxy groups -OCH3 is 1. The summed E-state index contributed by atoms with van der Waals surface area (Å²) < 4.78 is 11.4. The van der Waals surface area contributed by atoms with Crippen molar-refractivity contribution in [3.05, 3.63) is 82.7 Å². The fourth-order valence-electron chi connectivity index (χ4n) is 3.40. The van der Waals surface area contributed by atoms with Crippen molar-refractivity contribution in [3.63, 3.8) is 0 Å². The Hall–Kier alpha value is -3.77. The van der Waals surface area contributed by atoms with Gasteiger partial charge in [-0.05, 0) is 61.0 Å². The minimum absolute atomic E-state index is 0.555. The predicted molar refractivity (Wildman–Crippen MR) is 123 cm³/mol. The Kier molecular flexibility index (Phi) is 4.84. The highest BCUT2D eigenvalue weighted by atomic mass is 35.5. The first-order valence-electron chi connectivity index (χ1n) is 9.73. The fourth-order valence-corrected chi connectivity index (χ4v) is 3.56. The summed E-state index contributed by atoms with van der Waals surface area (Å²) in [6.45, 7) is 1.95. The number of imidazole rings is 1. The Morgan fingerprint density at radius 3 is 2.65 bits per heavy atom. The second kappa shape index (κ2) is 7.81. The highest BCUT2D eigenvalue weighted by molar-refractivity contribution is 6.32. The zero-order chi connectivity index (χ0) is 21.4. The Morgan fingerprint density at radius 1 is 1.06 bits per heavy atom. The number of hydrogen-bond donors (Lipinski definition) is 2. The van der Waals surface area contributed by atoms with Crippen LogP contribution in [-0.4, -0.2) is 17.1 Å². The van der Waals surface area contributed by atoms with E-state index in [1.54, 1.807) is 7.11 Å². The molecule has 154 valence electrons. The van der Waals surface area contributed by atoms with Gasteiger partial charge in [0.1, 0.15) is 17.1 Å². The SMILES string of the molecule is COc1ccc(-c2c/c(=N\Nc3nc4ccccc4[nH]3)c3cc(Cl)c(C)cc3o2)cc1. The van der Waals surface area contributed by atoms with E-state index in [4.69, 9.17) is 20.8 Å². The number of halogens is 1. The minimum Gasteiger partial charge on any atom is -0.497 e. The number of nitrogens with one attached hydrogen (secondary N) is 2. The van der Waals surface area contributed by atoms with Crippen molar-refractivity contribution in [1.29, 1.82) is 0 Å². The van der Waals surface area contributed by atoms with Crippen molar-refractivity contribution in [2.75, 3.05) is 12.5 Å². The molecule has 0 amide bonds. The molecule has 0 aliphatic rings. The summed E-state index contributed by atoms with van der Waals surface area (Å²) in [4.78, 5) is 7.73. The fraction of sp³-hybridized carbons (Fsp3) is 0.0833. The number of hydrogen-bond acceptors (Lipinski definition) is 5. The van der Waals surface area contributed by atoms with Crippen LogP contribution in [0.1, 0.15) is 5.56 Å². The van der Waals surface area contributed by atoms with Crippen LogP contribution in [0.25, 0.3) is 33.3 Å². The molecule has 0 aliphatic heterocycles. The number of fused-ring (bicyclic) bond motifs is 2. The first-order chi connectivity index (χ1) is 15.1. The third-order valence-electron chi connectivity index (χ3n) is 5.07. The summed E-state index contributed by atoms with van der Waals surface area (Å²) in [5, 5.41) is 6.75. The minimum atomic E-state index is 0.555. The maximum absolute atomic E-state index is 6.38. The average molecular weight is 431 g/mol. The Morgan fingerprint density at radius 2 is 1.87 bits per heavy atom. The first kappa shape index (κ1) is 19.2. The number of aromatic nitrogens is 2. The van der Waals surface area contributed by atoms with Crippen LogP contribution in [0.4, 0.5) is 5.95 Å². The van der Waals surface area contributed by atoms with E-state index in [1.165, 1.54) is 0 Å². The van der Waals surface area contributed by atoms with E-state index >= 15 is 0 Å². The second-order valence-electron chi connectivity index (χ2n) is 7.15. The van der Waals surface area contributed by atoms with E-state index in [9.17, 15) is 0 Å². The summed E-state index contributed by atoms with van der Waals surface area (Å²) in [6.07, 6.45) is 0. The van der Waals surface area contributed by atoms with E-state index in [1.807, 2.05) is 73.7 Å². The van der Waals surface area contributed by atoms with Gasteiger partial charge in [-0.1, -0.05) is 23.7 Å². The van der Waals surface area contributed by atoms with Gasteiger partial charge in [0.2, 0.25) is 5.95 Å². The zero-order valence-corrected chi connectivity index (χ0v) is 17.7. The van der Waals surface area contributed by atoms with Crippen LogP contribution < -0.4 is 15.5 Å². The highest BCUT2D eigenvalue weighted by Crippen LogP contribution is 2.27. The zero-order valence-electron chi connectivity index (χ0n) is 16.9. The van der Waals surface area contributed by atoms with Gasteiger partial charge in [-0.25, -0.2) is 10.4 Å². The van der Waals surface area contributed by atoms with Crippen LogP contribution >= 0.6 is 11.6 Å². The van der Waals surface area contributed by atoms with E-state index in [0.29, 0.717) is 27.7 Å². The van der Waals surface area contributed by atoms with Gasteiger partial charge in [0, 0.05) is 22.0 Å². The Balaban J connectivity index is 1.64. The molecule has 0 unspecified atom stereocenters. The van der Waals surface area contributed by atoms with Crippen LogP contribution in [0.3, 0.4) is 0 Å². The maximum Gasteiger partial charge on any atom is 0.222 e. The van der Waals surface area contributed by atoms with Crippen molar-refractivity contribution < 1.29 is 9.15 Å². The molecular weight excluding hydrogens is 412 g/mol. The molecule has 5 aromatic rings. The van der Waals surface area contributed by atoms with Crippen molar-refractivity contribution in [3.8, 4) is 17.1 Å². The van der Waals surface area contributed by atoms with Crippen LogP contribution in [0, 0.1) is 6.92 Å². The van der Waals surface area contributed by atoms with Gasteiger partial charge < -0.3 is 14.1 Å². The van der Waals surface area contributed by atoms with Gasteiger partial charge in [0.05, 0.1) is 23.5 Å². The summed E-state index contributed by atoms with van der Waals surface area (Å²) >= 11 is 6.38. The summed E-state index contributed by atoms with van der Waals surface area (Å²) in [5.41, 5.74) is 7.37. The lowest BCUT2D eigenvalue weighted by atomic mass is 10.1. The third-order valence-corrected chi connectivity index (χ3v) is 5.48. The number of aromatic amines is 1. The Labute approximate surface area is 183 Å². The molecule has 0 fully saturated rings. The standard InChI is InChI=1S/C24H19ClN4O2/c1-14-11-23-17(12-18(14)25)21(13-22(31-23)15-7-9-16(30-2)10-8-15)28-29-24-26-19-5-3-4-6-20(19)27-24/h3-13H,1-2H3,(H2,26,27,29)/b28-21+. The van der Waals surface area contributed by atoms with Gasteiger partial charge in [-0.15, -0.1) is 0 Å². The molecule has 0 saturated heterocycles. The number of H-pyrrole nitrogens is 1. The maximum atomic E-state index is 6.38. The second-order valence-corrected chi connectivity index (χ2v) is 7.56. The van der Waals surface area contributed by atoms with Crippen LogP contribution in [0.2, 0.25) is 5.02 Å². The number of aryl methyl sites for hydroxylation is 1. The lowest BCUT2D eigenvalue weighted by Gasteiger charge is -2.08. The average Bonchev–Trinajstić information content (AvgIpc) is 3.21. The van der Waals surface area contributed by atoms with Crippen LogP contribution in [-0.2, 0) is 0 Å². The largest absolute Gasteiger partial charge is 0.497 e. The molecule has 2 aromatic heterocycles. The quantitative estimate of drug-likeness (QED) is 0.349. The number of nitrogens with zero attached hydrogens (tertiary/aromatic N) is 2. The van der Waals surface area contributed by atoms with Gasteiger partial charge in [0.25, 0.3) is 0 Å². The van der Waals surface area contributed by atoms with Gasteiger partial charge in [-0.3, -0.25) is 0 Å². The summed E-state index contributed by atoms with van der Waals surface area (Å²) in [6, 6.07) is 21.2. The predicted octanol–water partition coefficient (Wildman–Crippen LogP) is 5.87. The Bertz CT molecular complexity index is 1440. The number of benzene rings is 3. The van der Waals surface area contributed by atoms with E-state index in [-0.39, 0.29) is 0 Å². The molecular formula is C24H19ClN4O2. The molecule has 0 aliphatic carbocycles. The van der Waals surface area contributed by atoms with E-state index < -0.39 is 0 Å². The van der Waals surface area contributed by atoms with Crippen LogP contribution in [0.15, 0.2) is 76.2 Å². The number of rotatable bonds is 4. The van der Waals surface area contributed by atoms with Gasteiger partial charge >= 0.3 is 0 Å². The molecule has 0 radical (unpaired) electrons. The van der Waals surface area contributed by atoms with Gasteiger partial charge in [0.15, 0.2) is 0 Å². The summed E-state index contributed by atoms with van der Waals surface area (Å²) in [5.74, 6) is 2.02. The normalized spacial score (nSPS) is 11.9. The topological polar surface area (TPSA) is 75.4 Å². The van der Waals surface area contributed by atoms with Crippen molar-refractivity contribution in [2.24, 2.45) is 5.10 Å². The smallest absolute Gasteiger partial charge is 0.222 e. The van der Waals surface area contributed by atoms with Gasteiger partial charge in [-0.2, -0.15) is 5.10 Å². The van der Waals surface area contributed by atoms with E-state index in [0.717, 1.165) is 33.3 Å². The molecule has 0 saturated carbocycles. The first-order valence-corrected chi connectivity index (χ1v) is 10.1. The van der Waals surface area contributed by atoms with Crippen LogP contribution in [0.5, 0.6) is 5.75 Å². The lowest BCUT2D eigenvalue weighted by Crippen LogP contribution is -2.08. The summed E-state index contributed by atoms with van der Waals surface area (Å²) in [7, 11) is 1.64. The van der Waals surface area contributed by atoms with Crippen molar-refractivity contribution in [1.82, 2.24) is 9.97 Å². The van der Waals surface area contributed by atoms with E-state index in [2.05, 4.69) is 20.5 Å². The molecule has 3 aromatic carbocycles. The molecule has 2 heterocycles. The van der Waals surface area contributed by atoms with Crippen molar-refractivity contribution >= 4 is 39.6 Å². The molecule has 0 spiro atoms. The lowest BCUT2D eigenvalue weighted by molar-refractivity contribution is 0.415. The molecule has 5 rings (SSSR count). The number of para-hydroxylation sites is 2. The molecule has 2 N–H and O–H groups in total. The highest BCUT2D eigenvalue weighted by Gasteiger charge is 2.09. The molecule has 0 bridgehead atoms. The third kappa shape index (κ3) is 3.73.